The van der Waals surface area contributed by atoms with Crippen LogP contribution in [0.3, 0.4) is 0 Å². The topological polar surface area (TPSA) is 145 Å². The van der Waals surface area contributed by atoms with Gasteiger partial charge in [-0.3, -0.25) is 9.59 Å². The number of hydrogen-bond donors (Lipinski definition) is 3. The van der Waals surface area contributed by atoms with E-state index in [0.29, 0.717) is 33.9 Å². The number of carbonyl (C=O) groups is 2. The number of benzene rings is 2. The maximum Gasteiger partial charge on any atom is 0.275 e. The SMILES string of the molecule is COc1cnc(C(=O)Nc2cccc([C@@H](C)Nc3ncnc4c(C(N)=O)cccc34)c2)cn1. The first-order valence-electron chi connectivity index (χ1n) is 10.0. The van der Waals surface area contributed by atoms with Crippen LogP contribution in [0.15, 0.2) is 61.2 Å². The zero-order valence-electron chi connectivity index (χ0n) is 17.9. The van der Waals surface area contributed by atoms with Gasteiger partial charge in [0.2, 0.25) is 5.88 Å². The number of nitrogens with one attached hydrogen (secondary N) is 2. The molecule has 10 nitrogen and oxygen atoms in total. The lowest BCUT2D eigenvalue weighted by molar-refractivity contribution is 0.0998. The first-order valence-corrected chi connectivity index (χ1v) is 10.0. The molecule has 4 aromatic rings. The normalized spacial score (nSPS) is 11.6. The van der Waals surface area contributed by atoms with Gasteiger partial charge < -0.3 is 21.1 Å². The van der Waals surface area contributed by atoms with Gasteiger partial charge >= 0.3 is 0 Å². The van der Waals surface area contributed by atoms with Gasteiger partial charge in [0.05, 0.1) is 36.6 Å². The molecule has 2 heterocycles. The number of ether oxygens (including phenoxy) is 1. The standard InChI is InChI=1S/C23H21N7O3/c1-13(29-22-17-8-4-7-16(21(24)31)20(17)27-12-28-22)14-5-3-6-15(9-14)30-23(32)18-10-26-19(33-2)11-25-18/h3-13H,1-2H3,(H2,24,31)(H,30,32)(H,27,28,29)/t13-/m1/s1. The number of methoxy groups -OCH3 is 1. The predicted molar refractivity (Wildman–Crippen MR) is 123 cm³/mol. The van der Waals surface area contributed by atoms with Crippen LogP contribution >= 0.6 is 0 Å². The van der Waals surface area contributed by atoms with E-state index >= 15 is 0 Å². The van der Waals surface area contributed by atoms with Crippen LogP contribution in [0.5, 0.6) is 5.88 Å². The molecule has 1 atom stereocenters. The van der Waals surface area contributed by atoms with Crippen LogP contribution in [0.2, 0.25) is 0 Å². The van der Waals surface area contributed by atoms with Gasteiger partial charge in [0, 0.05) is 11.1 Å². The summed E-state index contributed by atoms with van der Waals surface area (Å²) in [6.07, 6.45) is 4.12. The lowest BCUT2D eigenvalue weighted by Gasteiger charge is -2.17. The fourth-order valence-corrected chi connectivity index (χ4v) is 3.31. The Kier molecular flexibility index (Phi) is 6.07. The Hall–Kier alpha value is -4.60. The van der Waals surface area contributed by atoms with Crippen molar-refractivity contribution >= 4 is 34.2 Å². The molecule has 4 rings (SSSR count). The van der Waals surface area contributed by atoms with Crippen LogP contribution in [-0.4, -0.2) is 38.9 Å². The molecule has 2 amide bonds. The summed E-state index contributed by atoms with van der Waals surface area (Å²) in [5.41, 5.74) is 7.96. The molecule has 4 N–H and O–H groups in total. The molecule has 0 saturated carbocycles. The van der Waals surface area contributed by atoms with E-state index < -0.39 is 5.91 Å². The van der Waals surface area contributed by atoms with E-state index in [2.05, 4.69) is 30.6 Å². The van der Waals surface area contributed by atoms with E-state index in [-0.39, 0.29) is 17.6 Å². The minimum Gasteiger partial charge on any atom is -0.480 e. The van der Waals surface area contributed by atoms with Crippen LogP contribution < -0.4 is 21.1 Å². The van der Waals surface area contributed by atoms with Crippen molar-refractivity contribution in [2.75, 3.05) is 17.7 Å². The van der Waals surface area contributed by atoms with Crippen molar-refractivity contribution in [2.45, 2.75) is 13.0 Å². The highest BCUT2D eigenvalue weighted by Gasteiger charge is 2.14. The number of amides is 2. The Morgan fingerprint density at radius 1 is 1.03 bits per heavy atom. The van der Waals surface area contributed by atoms with E-state index in [0.717, 1.165) is 5.56 Å². The molecular weight excluding hydrogens is 422 g/mol. The molecule has 2 aromatic carbocycles. The average Bonchev–Trinajstić information content (AvgIpc) is 2.84. The number of nitrogens with zero attached hydrogens (tertiary/aromatic N) is 4. The molecule has 0 radical (unpaired) electrons. The third kappa shape index (κ3) is 4.69. The lowest BCUT2D eigenvalue weighted by atomic mass is 10.1. The summed E-state index contributed by atoms with van der Waals surface area (Å²) >= 11 is 0. The molecule has 0 aliphatic carbocycles. The third-order valence-electron chi connectivity index (χ3n) is 5.00. The molecule has 0 aliphatic heterocycles. The number of anilines is 2. The van der Waals surface area contributed by atoms with Crippen LogP contribution in [0.25, 0.3) is 10.9 Å². The highest BCUT2D eigenvalue weighted by molar-refractivity contribution is 6.07. The summed E-state index contributed by atoms with van der Waals surface area (Å²) in [7, 11) is 1.48. The Labute approximate surface area is 189 Å². The van der Waals surface area contributed by atoms with E-state index in [1.54, 1.807) is 18.2 Å². The largest absolute Gasteiger partial charge is 0.480 e. The van der Waals surface area contributed by atoms with Crippen molar-refractivity contribution in [3.05, 3.63) is 78.0 Å². The fourth-order valence-electron chi connectivity index (χ4n) is 3.31. The Balaban J connectivity index is 1.53. The number of fused-ring (bicyclic) bond motifs is 1. The minimum absolute atomic E-state index is 0.169. The second kappa shape index (κ2) is 9.27. The number of aromatic nitrogens is 4. The van der Waals surface area contributed by atoms with Crippen LogP contribution in [0.4, 0.5) is 11.5 Å². The van der Waals surface area contributed by atoms with Crippen LogP contribution in [-0.2, 0) is 0 Å². The molecular formula is C23H21N7O3. The van der Waals surface area contributed by atoms with Gasteiger partial charge in [-0.25, -0.2) is 19.9 Å². The Morgan fingerprint density at radius 3 is 2.58 bits per heavy atom. The molecule has 0 fully saturated rings. The Bertz CT molecular complexity index is 1330. The molecule has 0 spiro atoms. The number of carbonyl (C=O) groups excluding carboxylic acids is 2. The van der Waals surface area contributed by atoms with Gasteiger partial charge in [0.1, 0.15) is 17.8 Å². The van der Waals surface area contributed by atoms with Crippen molar-refractivity contribution in [1.29, 1.82) is 0 Å². The van der Waals surface area contributed by atoms with E-state index in [1.165, 1.54) is 25.8 Å². The molecule has 33 heavy (non-hydrogen) atoms. The molecule has 0 saturated heterocycles. The quantitative estimate of drug-likeness (QED) is 0.395. The molecule has 166 valence electrons. The van der Waals surface area contributed by atoms with Crippen LogP contribution in [0, 0.1) is 0 Å². The Morgan fingerprint density at radius 2 is 1.85 bits per heavy atom. The first kappa shape index (κ1) is 21.6. The van der Waals surface area contributed by atoms with Crippen molar-refractivity contribution < 1.29 is 14.3 Å². The average molecular weight is 443 g/mol. The number of para-hydroxylation sites is 1. The minimum atomic E-state index is -0.553. The van der Waals surface area contributed by atoms with Gasteiger partial charge in [0.15, 0.2) is 0 Å². The van der Waals surface area contributed by atoms with Gasteiger partial charge in [-0.1, -0.05) is 18.2 Å². The fraction of sp³-hybridized carbons (Fsp3) is 0.130. The van der Waals surface area contributed by atoms with E-state index in [1.807, 2.05) is 31.2 Å². The zero-order chi connectivity index (χ0) is 23.4. The molecule has 0 unspecified atom stereocenters. The molecule has 0 bridgehead atoms. The smallest absolute Gasteiger partial charge is 0.275 e. The second-order valence-electron chi connectivity index (χ2n) is 7.18. The van der Waals surface area contributed by atoms with Crippen molar-refractivity contribution in [2.24, 2.45) is 5.73 Å². The highest BCUT2D eigenvalue weighted by Crippen LogP contribution is 2.27. The van der Waals surface area contributed by atoms with Crippen molar-refractivity contribution in [3.8, 4) is 5.88 Å². The molecule has 10 heteroatoms. The molecule has 2 aromatic heterocycles. The van der Waals surface area contributed by atoms with Gasteiger partial charge in [0.25, 0.3) is 11.8 Å². The van der Waals surface area contributed by atoms with E-state index in [9.17, 15) is 9.59 Å². The maximum absolute atomic E-state index is 12.5. The summed E-state index contributed by atoms with van der Waals surface area (Å²) in [6.45, 7) is 1.96. The van der Waals surface area contributed by atoms with E-state index in [4.69, 9.17) is 10.5 Å². The van der Waals surface area contributed by atoms with Gasteiger partial charge in [-0.15, -0.1) is 0 Å². The van der Waals surface area contributed by atoms with Crippen LogP contribution in [0.1, 0.15) is 39.4 Å². The third-order valence-corrected chi connectivity index (χ3v) is 5.00. The highest BCUT2D eigenvalue weighted by atomic mass is 16.5. The summed E-state index contributed by atoms with van der Waals surface area (Å²) in [6, 6.07) is 12.4. The molecule has 0 aliphatic rings. The lowest BCUT2D eigenvalue weighted by Crippen LogP contribution is -2.15. The van der Waals surface area contributed by atoms with Crippen molar-refractivity contribution in [1.82, 2.24) is 19.9 Å². The van der Waals surface area contributed by atoms with Gasteiger partial charge in [-0.05, 0) is 36.8 Å². The summed E-state index contributed by atoms with van der Waals surface area (Å²) in [4.78, 5) is 40.8. The van der Waals surface area contributed by atoms with Crippen molar-refractivity contribution in [3.63, 3.8) is 0 Å². The number of rotatable bonds is 7. The summed E-state index contributed by atoms with van der Waals surface area (Å²) in [5.74, 6) is -0.0424. The second-order valence-corrected chi connectivity index (χ2v) is 7.18. The van der Waals surface area contributed by atoms with Gasteiger partial charge in [-0.2, -0.15) is 0 Å². The predicted octanol–water partition coefficient (Wildman–Crippen LogP) is 2.95. The maximum atomic E-state index is 12.5. The summed E-state index contributed by atoms with van der Waals surface area (Å²) < 4.78 is 4.96. The number of primary amides is 1. The monoisotopic (exact) mass is 443 g/mol. The first-order chi connectivity index (χ1) is 16.0. The number of hydrogen-bond acceptors (Lipinski definition) is 8. The zero-order valence-corrected chi connectivity index (χ0v) is 17.9. The summed E-state index contributed by atoms with van der Waals surface area (Å²) in [5, 5.41) is 6.84. The number of nitrogens with two attached hydrogens (primary N) is 1.